The second kappa shape index (κ2) is 7.20. The minimum absolute atomic E-state index is 0.0965. The summed E-state index contributed by atoms with van der Waals surface area (Å²) in [6.45, 7) is 2.18. The number of carbonyl (C=O) groups is 1. The quantitative estimate of drug-likeness (QED) is 0.587. The first-order chi connectivity index (χ1) is 13.2. The molecule has 8 nitrogen and oxygen atoms in total. The van der Waals surface area contributed by atoms with Crippen molar-refractivity contribution in [3.63, 3.8) is 0 Å². The number of hydrogen-bond acceptors (Lipinski definition) is 6. The first-order valence-electron chi connectivity index (χ1n) is 8.33. The molecule has 0 atom stereocenters. The average Bonchev–Trinajstić information content (AvgIpc) is 3.34. The van der Waals surface area contributed by atoms with Crippen molar-refractivity contribution in [2.24, 2.45) is 0 Å². The molecule has 4 aromatic rings. The van der Waals surface area contributed by atoms with Gasteiger partial charge in [0.15, 0.2) is 0 Å². The zero-order valence-electron chi connectivity index (χ0n) is 14.5. The predicted molar refractivity (Wildman–Crippen MR) is 97.0 cm³/mol. The van der Waals surface area contributed by atoms with Crippen LogP contribution >= 0.6 is 0 Å². The Labute approximate surface area is 154 Å². The van der Waals surface area contributed by atoms with Crippen molar-refractivity contribution in [2.45, 2.75) is 13.5 Å². The molecule has 0 unspecified atom stereocenters. The first-order valence-corrected chi connectivity index (χ1v) is 8.33. The van der Waals surface area contributed by atoms with E-state index in [1.54, 1.807) is 23.1 Å². The molecule has 3 heterocycles. The minimum Gasteiger partial charge on any atom is -0.344 e. The summed E-state index contributed by atoms with van der Waals surface area (Å²) in [4.78, 5) is 20.4. The third kappa shape index (κ3) is 3.59. The largest absolute Gasteiger partial charge is 0.344 e. The van der Waals surface area contributed by atoms with Crippen LogP contribution in [0.5, 0.6) is 0 Å². The molecular formula is C19H16N6O2. The van der Waals surface area contributed by atoms with Crippen LogP contribution in [-0.2, 0) is 6.54 Å². The Balaban J connectivity index is 1.51. The third-order valence-corrected chi connectivity index (χ3v) is 3.96. The molecule has 0 bridgehead atoms. The molecular weight excluding hydrogens is 344 g/mol. The van der Waals surface area contributed by atoms with Crippen LogP contribution in [0.25, 0.3) is 17.1 Å². The molecule has 0 aliphatic rings. The van der Waals surface area contributed by atoms with Gasteiger partial charge >= 0.3 is 11.8 Å². The lowest BCUT2D eigenvalue weighted by Gasteiger charge is -2.00. The number of nitrogens with one attached hydrogen (secondary N) is 1. The van der Waals surface area contributed by atoms with Gasteiger partial charge < -0.3 is 9.84 Å². The summed E-state index contributed by atoms with van der Waals surface area (Å²) in [5.41, 5.74) is 3.24. The van der Waals surface area contributed by atoms with Crippen molar-refractivity contribution in [3.8, 4) is 17.1 Å². The molecule has 1 N–H and O–H groups in total. The van der Waals surface area contributed by atoms with Gasteiger partial charge in [-0.15, -0.1) is 0 Å². The van der Waals surface area contributed by atoms with Crippen LogP contribution in [0.3, 0.4) is 0 Å². The normalized spacial score (nSPS) is 10.7. The number of aryl methyl sites for hydroxylation is 1. The molecule has 1 amide bonds. The van der Waals surface area contributed by atoms with Gasteiger partial charge in [0.25, 0.3) is 0 Å². The van der Waals surface area contributed by atoms with Crippen LogP contribution < -0.4 is 5.32 Å². The number of rotatable bonds is 5. The van der Waals surface area contributed by atoms with Gasteiger partial charge in [0, 0.05) is 25.1 Å². The summed E-state index contributed by atoms with van der Waals surface area (Å²) < 4.78 is 6.85. The van der Waals surface area contributed by atoms with Crippen LogP contribution in [0.1, 0.15) is 21.9 Å². The number of aromatic nitrogens is 5. The van der Waals surface area contributed by atoms with Crippen LogP contribution in [0.2, 0.25) is 0 Å². The first kappa shape index (κ1) is 16.6. The van der Waals surface area contributed by atoms with E-state index in [-0.39, 0.29) is 5.89 Å². The molecule has 134 valence electrons. The predicted octanol–water partition coefficient (Wildman–Crippen LogP) is 2.56. The topological polar surface area (TPSA) is 98.7 Å². The third-order valence-electron chi connectivity index (χ3n) is 3.96. The Morgan fingerprint density at radius 3 is 2.81 bits per heavy atom. The lowest BCUT2D eigenvalue weighted by Crippen LogP contribution is -2.23. The number of hydrogen-bond donors (Lipinski definition) is 1. The second-order valence-electron chi connectivity index (χ2n) is 5.88. The number of nitrogens with zero attached hydrogens (tertiary/aromatic N) is 5. The summed E-state index contributed by atoms with van der Waals surface area (Å²) in [6.07, 6.45) is 5.17. The van der Waals surface area contributed by atoms with Gasteiger partial charge in [-0.05, 0) is 30.7 Å². The maximum absolute atomic E-state index is 12.2. The Morgan fingerprint density at radius 1 is 1.19 bits per heavy atom. The van der Waals surface area contributed by atoms with Gasteiger partial charge in [0.2, 0.25) is 5.82 Å². The summed E-state index contributed by atoms with van der Waals surface area (Å²) in [7, 11) is 0. The minimum atomic E-state index is -0.439. The molecule has 27 heavy (non-hydrogen) atoms. The smallest absolute Gasteiger partial charge is 0.316 e. The van der Waals surface area contributed by atoms with E-state index in [0.29, 0.717) is 17.9 Å². The molecule has 0 aliphatic heterocycles. The van der Waals surface area contributed by atoms with Gasteiger partial charge in [0.1, 0.15) is 0 Å². The van der Waals surface area contributed by atoms with Crippen LogP contribution in [0, 0.1) is 6.92 Å². The van der Waals surface area contributed by atoms with Crippen molar-refractivity contribution in [1.82, 2.24) is 30.2 Å². The fourth-order valence-corrected chi connectivity index (χ4v) is 2.58. The van der Waals surface area contributed by atoms with Crippen LogP contribution in [0.4, 0.5) is 0 Å². The number of carbonyl (C=O) groups excluding carboxylic acids is 1. The van der Waals surface area contributed by atoms with Crippen LogP contribution in [-0.4, -0.2) is 30.8 Å². The van der Waals surface area contributed by atoms with E-state index in [1.165, 1.54) is 0 Å². The fourth-order valence-electron chi connectivity index (χ4n) is 2.58. The molecule has 0 radical (unpaired) electrons. The molecule has 0 fully saturated rings. The molecule has 1 aromatic carbocycles. The van der Waals surface area contributed by atoms with Gasteiger partial charge in [-0.1, -0.05) is 29.4 Å². The highest BCUT2D eigenvalue weighted by atomic mass is 16.5. The number of para-hydroxylation sites is 1. The van der Waals surface area contributed by atoms with Crippen molar-refractivity contribution in [1.29, 1.82) is 0 Å². The summed E-state index contributed by atoms with van der Waals surface area (Å²) in [6, 6.07) is 13.4. The van der Waals surface area contributed by atoms with E-state index in [2.05, 4.69) is 25.5 Å². The summed E-state index contributed by atoms with van der Waals surface area (Å²) in [5, 5.41) is 11.1. The SMILES string of the molecule is Cc1nn(-c2ccccc2)cc1-c1noc(C(=O)NCc2cccnc2)n1. The summed E-state index contributed by atoms with van der Waals surface area (Å²) in [5.74, 6) is -0.215. The lowest BCUT2D eigenvalue weighted by molar-refractivity contribution is 0.0907. The highest BCUT2D eigenvalue weighted by Gasteiger charge is 2.19. The van der Waals surface area contributed by atoms with Gasteiger partial charge in [0.05, 0.1) is 16.9 Å². The van der Waals surface area contributed by atoms with E-state index >= 15 is 0 Å². The molecule has 3 aromatic heterocycles. The van der Waals surface area contributed by atoms with E-state index in [1.807, 2.05) is 49.5 Å². The Kier molecular flexibility index (Phi) is 4.44. The number of benzene rings is 1. The van der Waals surface area contributed by atoms with Crippen LogP contribution in [0.15, 0.2) is 65.6 Å². The van der Waals surface area contributed by atoms with E-state index in [9.17, 15) is 4.79 Å². The molecule has 4 rings (SSSR count). The number of amides is 1. The molecule has 8 heteroatoms. The zero-order valence-corrected chi connectivity index (χ0v) is 14.5. The molecule has 0 spiro atoms. The molecule has 0 aliphatic carbocycles. The Hall–Kier alpha value is -3.81. The summed E-state index contributed by atoms with van der Waals surface area (Å²) >= 11 is 0. The van der Waals surface area contributed by atoms with E-state index in [0.717, 1.165) is 16.9 Å². The zero-order chi connectivity index (χ0) is 18.6. The van der Waals surface area contributed by atoms with Gasteiger partial charge in [-0.25, -0.2) is 4.68 Å². The van der Waals surface area contributed by atoms with Crippen molar-refractivity contribution in [2.75, 3.05) is 0 Å². The molecule has 0 saturated carbocycles. The van der Waals surface area contributed by atoms with Crippen molar-refractivity contribution in [3.05, 3.63) is 78.2 Å². The Bertz CT molecular complexity index is 1060. The highest BCUT2D eigenvalue weighted by molar-refractivity contribution is 5.89. The van der Waals surface area contributed by atoms with Crippen molar-refractivity contribution < 1.29 is 9.32 Å². The second-order valence-corrected chi connectivity index (χ2v) is 5.88. The standard InChI is InChI=1S/C19H16N6O2/c1-13-16(12-25(23-13)15-7-3-2-4-8-15)17-22-19(27-24-17)18(26)21-11-14-6-5-9-20-10-14/h2-10,12H,11H2,1H3,(H,21,26). The highest BCUT2D eigenvalue weighted by Crippen LogP contribution is 2.21. The van der Waals surface area contributed by atoms with Gasteiger partial charge in [-0.2, -0.15) is 10.1 Å². The Morgan fingerprint density at radius 2 is 2.04 bits per heavy atom. The van der Waals surface area contributed by atoms with E-state index < -0.39 is 5.91 Å². The average molecular weight is 360 g/mol. The maximum Gasteiger partial charge on any atom is 0.316 e. The van der Waals surface area contributed by atoms with Gasteiger partial charge in [-0.3, -0.25) is 9.78 Å². The lowest BCUT2D eigenvalue weighted by atomic mass is 10.2. The number of pyridine rings is 1. The monoisotopic (exact) mass is 360 g/mol. The molecule has 0 saturated heterocycles. The fraction of sp³-hybridized carbons (Fsp3) is 0.105. The maximum atomic E-state index is 12.2. The van der Waals surface area contributed by atoms with Crippen molar-refractivity contribution >= 4 is 5.91 Å². The van der Waals surface area contributed by atoms with E-state index in [4.69, 9.17) is 4.52 Å².